The minimum Gasteiger partial charge on any atom is -0.311 e. The molecule has 2 N–H and O–H groups in total. The molecule has 1 atom stereocenters. The van der Waals surface area contributed by atoms with Crippen LogP contribution in [0.2, 0.25) is 5.02 Å². The molecule has 0 aliphatic rings. The van der Waals surface area contributed by atoms with Crippen LogP contribution in [0.5, 0.6) is 0 Å². The van der Waals surface area contributed by atoms with Gasteiger partial charge in [-0.05, 0) is 25.1 Å². The summed E-state index contributed by atoms with van der Waals surface area (Å²) >= 11 is 5.98. The Kier molecular flexibility index (Phi) is 3.93. The second-order valence-electron chi connectivity index (χ2n) is 4.88. The Hall–Kier alpha value is -2.60. The van der Waals surface area contributed by atoms with E-state index in [0.717, 1.165) is 11.3 Å². The minimum absolute atomic E-state index is 0.130. The Morgan fingerprint density at radius 2 is 2.27 bits per heavy atom. The van der Waals surface area contributed by atoms with Crippen LogP contribution in [0.1, 0.15) is 18.4 Å². The number of halogens is 1. The molecule has 0 fully saturated rings. The highest BCUT2D eigenvalue weighted by Gasteiger charge is 2.18. The molecule has 0 radical (unpaired) electrons. The van der Waals surface area contributed by atoms with Crippen LogP contribution in [0.25, 0.3) is 5.69 Å². The van der Waals surface area contributed by atoms with Crippen LogP contribution >= 0.6 is 11.6 Å². The monoisotopic (exact) mass is 315 g/mol. The predicted molar refractivity (Wildman–Crippen MR) is 84.2 cm³/mol. The van der Waals surface area contributed by atoms with Crippen LogP contribution < -0.4 is 5.32 Å². The molecule has 2 aromatic heterocycles. The third kappa shape index (κ3) is 3.01. The molecule has 3 aromatic rings. The van der Waals surface area contributed by atoms with Gasteiger partial charge in [-0.2, -0.15) is 10.2 Å². The number of carbonyl (C=O) groups is 1. The van der Waals surface area contributed by atoms with E-state index >= 15 is 0 Å². The standard InChI is InChI=1S/C15H14ClN5O/c1-10(15(22)19-14-5-6-17-20-14)11-8-18-21(9-11)13-4-2-3-12(16)7-13/h2-10H,1H3,(H2,17,19,20,22). The average molecular weight is 316 g/mol. The number of nitrogens with zero attached hydrogens (tertiary/aromatic N) is 3. The maximum atomic E-state index is 12.2. The Morgan fingerprint density at radius 3 is 3.00 bits per heavy atom. The fourth-order valence-corrected chi connectivity index (χ4v) is 2.22. The third-order valence-corrected chi connectivity index (χ3v) is 3.56. The lowest BCUT2D eigenvalue weighted by molar-refractivity contribution is -0.117. The summed E-state index contributed by atoms with van der Waals surface area (Å²) in [6.07, 6.45) is 5.08. The lowest BCUT2D eigenvalue weighted by Gasteiger charge is -2.08. The number of benzene rings is 1. The number of aromatic amines is 1. The summed E-state index contributed by atoms with van der Waals surface area (Å²) in [6.45, 7) is 1.82. The highest BCUT2D eigenvalue weighted by Crippen LogP contribution is 2.19. The quantitative estimate of drug-likeness (QED) is 0.777. The van der Waals surface area contributed by atoms with E-state index in [9.17, 15) is 4.79 Å². The molecule has 112 valence electrons. The van der Waals surface area contributed by atoms with Crippen LogP contribution in [0.4, 0.5) is 5.82 Å². The molecule has 0 spiro atoms. The fraction of sp³-hybridized carbons (Fsp3) is 0.133. The highest BCUT2D eigenvalue weighted by molar-refractivity contribution is 6.30. The zero-order valence-corrected chi connectivity index (χ0v) is 12.6. The van der Waals surface area contributed by atoms with Gasteiger partial charge < -0.3 is 5.32 Å². The molecule has 0 aliphatic heterocycles. The van der Waals surface area contributed by atoms with Crippen molar-refractivity contribution in [2.75, 3.05) is 5.32 Å². The van der Waals surface area contributed by atoms with Crippen molar-refractivity contribution in [1.82, 2.24) is 20.0 Å². The minimum atomic E-state index is -0.337. The van der Waals surface area contributed by atoms with Gasteiger partial charge in [0, 0.05) is 22.8 Å². The van der Waals surface area contributed by atoms with Gasteiger partial charge in [0.2, 0.25) is 5.91 Å². The van der Waals surface area contributed by atoms with Gasteiger partial charge in [0.15, 0.2) is 0 Å². The van der Waals surface area contributed by atoms with Crippen LogP contribution in [0.3, 0.4) is 0 Å². The summed E-state index contributed by atoms with van der Waals surface area (Å²) in [5.74, 6) is 0.102. The van der Waals surface area contributed by atoms with Crippen molar-refractivity contribution < 1.29 is 4.79 Å². The van der Waals surface area contributed by atoms with Gasteiger partial charge in [0.1, 0.15) is 5.82 Å². The lowest BCUT2D eigenvalue weighted by Crippen LogP contribution is -2.18. The molecule has 0 aliphatic carbocycles. The Balaban J connectivity index is 1.76. The van der Waals surface area contributed by atoms with Crippen LogP contribution in [-0.4, -0.2) is 25.9 Å². The zero-order valence-electron chi connectivity index (χ0n) is 11.8. The molecule has 3 rings (SSSR count). The number of hydrogen-bond acceptors (Lipinski definition) is 3. The second-order valence-corrected chi connectivity index (χ2v) is 5.32. The van der Waals surface area contributed by atoms with Crippen LogP contribution in [0, 0.1) is 0 Å². The van der Waals surface area contributed by atoms with Crippen molar-refractivity contribution in [3.05, 3.63) is 59.5 Å². The first-order valence-corrected chi connectivity index (χ1v) is 7.12. The van der Waals surface area contributed by atoms with E-state index in [1.54, 1.807) is 29.2 Å². The van der Waals surface area contributed by atoms with Gasteiger partial charge in [0.25, 0.3) is 0 Å². The van der Waals surface area contributed by atoms with Crippen molar-refractivity contribution in [2.24, 2.45) is 0 Å². The molecule has 0 saturated carbocycles. The average Bonchev–Trinajstić information content (AvgIpc) is 3.17. The molecule has 22 heavy (non-hydrogen) atoms. The van der Waals surface area contributed by atoms with Crippen LogP contribution in [-0.2, 0) is 4.79 Å². The Bertz CT molecular complexity index is 781. The molecule has 1 aromatic carbocycles. The number of aromatic nitrogens is 4. The molecular weight excluding hydrogens is 302 g/mol. The van der Waals surface area contributed by atoms with E-state index in [-0.39, 0.29) is 11.8 Å². The molecule has 1 unspecified atom stereocenters. The van der Waals surface area contributed by atoms with E-state index in [0.29, 0.717) is 10.8 Å². The summed E-state index contributed by atoms with van der Waals surface area (Å²) in [4.78, 5) is 12.2. The first-order chi connectivity index (χ1) is 10.6. The summed E-state index contributed by atoms with van der Waals surface area (Å²) in [6, 6.07) is 9.06. The largest absolute Gasteiger partial charge is 0.311 e. The van der Waals surface area contributed by atoms with Crippen molar-refractivity contribution in [3.8, 4) is 5.69 Å². The molecule has 7 heteroatoms. The number of rotatable bonds is 4. The molecular formula is C15H14ClN5O. The van der Waals surface area contributed by atoms with Gasteiger partial charge in [0.05, 0.1) is 24.0 Å². The number of hydrogen-bond donors (Lipinski definition) is 2. The van der Waals surface area contributed by atoms with Crippen molar-refractivity contribution >= 4 is 23.3 Å². The Labute approximate surface area is 132 Å². The Morgan fingerprint density at radius 1 is 1.41 bits per heavy atom. The summed E-state index contributed by atoms with van der Waals surface area (Å²) in [7, 11) is 0. The zero-order chi connectivity index (χ0) is 15.5. The van der Waals surface area contributed by atoms with E-state index in [2.05, 4.69) is 20.6 Å². The molecule has 6 nitrogen and oxygen atoms in total. The van der Waals surface area contributed by atoms with Gasteiger partial charge in [-0.15, -0.1) is 0 Å². The second kappa shape index (κ2) is 6.03. The van der Waals surface area contributed by atoms with Gasteiger partial charge in [-0.1, -0.05) is 17.7 Å². The maximum Gasteiger partial charge on any atom is 0.232 e. The molecule has 2 heterocycles. The maximum absolute atomic E-state index is 12.2. The third-order valence-electron chi connectivity index (χ3n) is 3.33. The normalized spacial score (nSPS) is 12.1. The number of carbonyl (C=O) groups excluding carboxylic acids is 1. The predicted octanol–water partition coefficient (Wildman–Crippen LogP) is 2.99. The molecule has 1 amide bonds. The smallest absolute Gasteiger partial charge is 0.232 e. The first-order valence-electron chi connectivity index (χ1n) is 6.74. The number of H-pyrrole nitrogens is 1. The number of anilines is 1. The summed E-state index contributed by atoms with van der Waals surface area (Å²) in [5.41, 5.74) is 1.66. The summed E-state index contributed by atoms with van der Waals surface area (Å²) in [5, 5.41) is 14.2. The van der Waals surface area contributed by atoms with Crippen molar-refractivity contribution in [3.63, 3.8) is 0 Å². The van der Waals surface area contributed by atoms with E-state index in [1.807, 2.05) is 31.3 Å². The number of nitrogens with one attached hydrogen (secondary N) is 2. The molecule has 0 bridgehead atoms. The van der Waals surface area contributed by atoms with Crippen LogP contribution in [0.15, 0.2) is 48.9 Å². The van der Waals surface area contributed by atoms with E-state index < -0.39 is 0 Å². The SMILES string of the molecule is CC(C(=O)Nc1ccn[nH]1)c1cnn(-c2cccc(Cl)c2)c1. The molecule has 0 saturated heterocycles. The fourth-order valence-electron chi connectivity index (χ4n) is 2.04. The van der Waals surface area contributed by atoms with Gasteiger partial charge in [-0.3, -0.25) is 9.89 Å². The van der Waals surface area contributed by atoms with Gasteiger partial charge >= 0.3 is 0 Å². The first kappa shape index (κ1) is 14.3. The summed E-state index contributed by atoms with van der Waals surface area (Å²) < 4.78 is 1.70. The van der Waals surface area contributed by atoms with Crippen molar-refractivity contribution in [2.45, 2.75) is 12.8 Å². The van der Waals surface area contributed by atoms with Gasteiger partial charge in [-0.25, -0.2) is 4.68 Å². The highest BCUT2D eigenvalue weighted by atomic mass is 35.5. The number of amides is 1. The van der Waals surface area contributed by atoms with Crippen molar-refractivity contribution in [1.29, 1.82) is 0 Å². The van der Waals surface area contributed by atoms with E-state index in [4.69, 9.17) is 11.6 Å². The topological polar surface area (TPSA) is 75.6 Å². The van der Waals surface area contributed by atoms with E-state index in [1.165, 1.54) is 0 Å². The lowest BCUT2D eigenvalue weighted by atomic mass is 10.0.